The van der Waals surface area contributed by atoms with Crippen molar-refractivity contribution in [3.05, 3.63) is 36.0 Å². The molecular formula is C20H20N6O2. The Labute approximate surface area is 161 Å². The highest BCUT2D eigenvalue weighted by Gasteiger charge is 2.32. The van der Waals surface area contributed by atoms with Gasteiger partial charge in [-0.15, -0.1) is 0 Å². The van der Waals surface area contributed by atoms with E-state index < -0.39 is 12.1 Å². The standard InChI is InChI=1S/C20H20N6O2/c1-11(20(28)25-8-14(27)9-25)26-10-16-18(24-26)15-3-2-12(13-4-5-22-7-13)6-17(15)23-19(16)21/h2-6,10-11,14,27H,7-9H2,1H3,(H2,21,23). The van der Waals surface area contributed by atoms with Crippen LogP contribution in [0.3, 0.4) is 0 Å². The van der Waals surface area contributed by atoms with Gasteiger partial charge in [0.1, 0.15) is 17.4 Å². The second-order valence-electron chi connectivity index (χ2n) is 7.36. The summed E-state index contributed by atoms with van der Waals surface area (Å²) in [5.41, 5.74) is 9.91. The first-order valence-electron chi connectivity index (χ1n) is 9.25. The first-order valence-corrected chi connectivity index (χ1v) is 9.25. The molecule has 2 aliphatic rings. The Morgan fingerprint density at radius 3 is 2.86 bits per heavy atom. The minimum Gasteiger partial charge on any atom is -0.389 e. The number of aromatic nitrogens is 3. The largest absolute Gasteiger partial charge is 0.389 e. The number of β-amino-alcohol motifs (C(OH)–C–C–N with tert-alkyl or cyclic N) is 1. The van der Waals surface area contributed by atoms with Crippen LogP contribution in [0.15, 0.2) is 35.5 Å². The molecule has 1 aromatic carbocycles. The summed E-state index contributed by atoms with van der Waals surface area (Å²) in [7, 11) is 0. The third-order valence-corrected chi connectivity index (χ3v) is 5.44. The summed E-state index contributed by atoms with van der Waals surface area (Å²) in [5.74, 6) is 0.325. The lowest BCUT2D eigenvalue weighted by Gasteiger charge is -2.37. The van der Waals surface area contributed by atoms with Gasteiger partial charge in [0, 0.05) is 30.9 Å². The topological polar surface area (TPSA) is 110 Å². The summed E-state index contributed by atoms with van der Waals surface area (Å²) < 4.78 is 1.64. The number of anilines is 1. The number of nitrogen functional groups attached to an aromatic ring is 1. The predicted octanol–water partition coefficient (Wildman–Crippen LogP) is 1.40. The minimum atomic E-state index is -0.477. The van der Waals surface area contributed by atoms with E-state index in [1.165, 1.54) is 0 Å². The van der Waals surface area contributed by atoms with E-state index in [0.29, 0.717) is 25.5 Å². The van der Waals surface area contributed by atoms with Gasteiger partial charge in [-0.3, -0.25) is 14.5 Å². The van der Waals surface area contributed by atoms with E-state index in [0.717, 1.165) is 32.9 Å². The number of hydrogen-bond acceptors (Lipinski definition) is 6. The summed E-state index contributed by atoms with van der Waals surface area (Å²) in [5, 5.41) is 15.7. The van der Waals surface area contributed by atoms with Crippen LogP contribution in [0.5, 0.6) is 0 Å². The van der Waals surface area contributed by atoms with E-state index >= 15 is 0 Å². The highest BCUT2D eigenvalue weighted by atomic mass is 16.3. The summed E-state index contributed by atoms with van der Waals surface area (Å²) >= 11 is 0. The number of carbonyl (C=O) groups is 1. The van der Waals surface area contributed by atoms with Crippen LogP contribution in [0.1, 0.15) is 18.5 Å². The highest BCUT2D eigenvalue weighted by Crippen LogP contribution is 2.30. The average molecular weight is 376 g/mol. The number of benzene rings is 1. The molecule has 1 atom stereocenters. The van der Waals surface area contributed by atoms with E-state index in [1.54, 1.807) is 22.7 Å². The molecule has 4 heterocycles. The molecule has 0 bridgehead atoms. The molecule has 2 aromatic heterocycles. The Morgan fingerprint density at radius 1 is 1.32 bits per heavy atom. The summed E-state index contributed by atoms with van der Waals surface area (Å²) in [6, 6.07) is 5.55. The van der Waals surface area contributed by atoms with Crippen LogP contribution < -0.4 is 5.73 Å². The SMILES string of the molecule is CC(C(=O)N1CC(O)C1)n1cc2c(N)nc3cc(C4=CC=NC4)ccc3c2n1. The number of carbonyl (C=O) groups excluding carboxylic acids is 1. The molecule has 8 heteroatoms. The molecule has 28 heavy (non-hydrogen) atoms. The Balaban J connectivity index is 1.55. The van der Waals surface area contributed by atoms with Gasteiger partial charge in [-0.05, 0) is 36.3 Å². The maximum atomic E-state index is 12.6. The average Bonchev–Trinajstić information content (AvgIpc) is 3.34. The van der Waals surface area contributed by atoms with Crippen LogP contribution in [0.25, 0.3) is 27.4 Å². The molecule has 3 aromatic rings. The number of aliphatic hydroxyl groups excluding tert-OH is 1. The van der Waals surface area contributed by atoms with Crippen molar-refractivity contribution in [2.24, 2.45) is 4.99 Å². The van der Waals surface area contributed by atoms with E-state index in [9.17, 15) is 9.90 Å². The van der Waals surface area contributed by atoms with Crippen molar-refractivity contribution in [2.45, 2.75) is 19.1 Å². The van der Waals surface area contributed by atoms with Gasteiger partial charge < -0.3 is 15.7 Å². The van der Waals surface area contributed by atoms with Gasteiger partial charge in [0.2, 0.25) is 5.91 Å². The number of likely N-dealkylation sites (tertiary alicyclic amines) is 1. The van der Waals surface area contributed by atoms with Crippen LogP contribution >= 0.6 is 0 Å². The Morgan fingerprint density at radius 2 is 2.14 bits per heavy atom. The number of pyridine rings is 1. The van der Waals surface area contributed by atoms with E-state index in [4.69, 9.17) is 5.73 Å². The van der Waals surface area contributed by atoms with Crippen molar-refractivity contribution in [1.29, 1.82) is 0 Å². The fourth-order valence-electron chi connectivity index (χ4n) is 3.74. The maximum absolute atomic E-state index is 12.6. The van der Waals surface area contributed by atoms with Crippen LogP contribution in [0.4, 0.5) is 5.82 Å². The summed E-state index contributed by atoms with van der Waals surface area (Å²) in [4.78, 5) is 23.0. The number of amides is 1. The van der Waals surface area contributed by atoms with E-state index in [1.807, 2.05) is 30.5 Å². The van der Waals surface area contributed by atoms with Crippen LogP contribution in [0, 0.1) is 0 Å². The number of allylic oxidation sites excluding steroid dienone is 1. The molecule has 3 N–H and O–H groups in total. The molecule has 2 aliphatic heterocycles. The quantitative estimate of drug-likeness (QED) is 0.718. The summed E-state index contributed by atoms with van der Waals surface area (Å²) in [6.07, 6.45) is 5.16. The van der Waals surface area contributed by atoms with E-state index in [-0.39, 0.29) is 5.91 Å². The number of aliphatic hydroxyl groups is 1. The Hall–Kier alpha value is -3.26. The fourth-order valence-corrected chi connectivity index (χ4v) is 3.74. The number of rotatable bonds is 3. The number of nitrogens with zero attached hydrogens (tertiary/aromatic N) is 5. The lowest BCUT2D eigenvalue weighted by Crippen LogP contribution is -2.55. The van der Waals surface area contributed by atoms with Crippen molar-refractivity contribution in [3.63, 3.8) is 0 Å². The van der Waals surface area contributed by atoms with Crippen molar-refractivity contribution in [2.75, 3.05) is 25.4 Å². The zero-order valence-electron chi connectivity index (χ0n) is 15.4. The van der Waals surface area contributed by atoms with Crippen LogP contribution in [0.2, 0.25) is 0 Å². The van der Waals surface area contributed by atoms with Crippen molar-refractivity contribution in [1.82, 2.24) is 19.7 Å². The molecule has 5 rings (SSSR count). The van der Waals surface area contributed by atoms with Crippen LogP contribution in [-0.4, -0.2) is 62.6 Å². The van der Waals surface area contributed by atoms with Crippen LogP contribution in [-0.2, 0) is 4.79 Å². The van der Waals surface area contributed by atoms with Gasteiger partial charge in [0.05, 0.1) is 23.6 Å². The Kier molecular flexibility index (Phi) is 3.70. The lowest BCUT2D eigenvalue weighted by atomic mass is 10.0. The molecule has 0 spiro atoms. The third kappa shape index (κ3) is 2.56. The molecule has 142 valence electrons. The molecule has 0 aliphatic carbocycles. The van der Waals surface area contributed by atoms with E-state index in [2.05, 4.69) is 15.1 Å². The van der Waals surface area contributed by atoms with Gasteiger partial charge >= 0.3 is 0 Å². The molecule has 1 unspecified atom stereocenters. The normalized spacial score (nSPS) is 17.9. The molecule has 8 nitrogen and oxygen atoms in total. The van der Waals surface area contributed by atoms with Gasteiger partial charge in [-0.1, -0.05) is 6.07 Å². The fraction of sp³-hybridized carbons (Fsp3) is 0.300. The maximum Gasteiger partial charge on any atom is 0.247 e. The summed E-state index contributed by atoms with van der Waals surface area (Å²) in [6.45, 7) is 3.22. The number of fused-ring (bicyclic) bond motifs is 3. The predicted molar refractivity (Wildman–Crippen MR) is 108 cm³/mol. The second-order valence-corrected chi connectivity index (χ2v) is 7.36. The molecule has 1 amide bonds. The monoisotopic (exact) mass is 376 g/mol. The smallest absolute Gasteiger partial charge is 0.247 e. The second kappa shape index (κ2) is 6.13. The first kappa shape index (κ1) is 16.9. The van der Waals surface area contributed by atoms with Gasteiger partial charge in [-0.2, -0.15) is 5.10 Å². The van der Waals surface area contributed by atoms with Gasteiger partial charge in [0.25, 0.3) is 0 Å². The molecule has 1 saturated heterocycles. The molecular weight excluding hydrogens is 356 g/mol. The number of nitrogens with two attached hydrogens (primary N) is 1. The lowest BCUT2D eigenvalue weighted by molar-refractivity contribution is -0.144. The zero-order chi connectivity index (χ0) is 19.4. The first-order chi connectivity index (χ1) is 13.5. The molecule has 1 fully saturated rings. The molecule has 0 radical (unpaired) electrons. The highest BCUT2D eigenvalue weighted by molar-refractivity contribution is 6.08. The van der Waals surface area contributed by atoms with Crippen molar-refractivity contribution in [3.8, 4) is 0 Å². The van der Waals surface area contributed by atoms with Crippen molar-refractivity contribution >= 4 is 45.3 Å². The third-order valence-electron chi connectivity index (χ3n) is 5.44. The zero-order valence-corrected chi connectivity index (χ0v) is 15.4. The van der Waals surface area contributed by atoms with Crippen molar-refractivity contribution < 1.29 is 9.90 Å². The van der Waals surface area contributed by atoms with Gasteiger partial charge in [-0.25, -0.2) is 4.98 Å². The minimum absolute atomic E-state index is 0.0654. The number of hydrogen-bond donors (Lipinski definition) is 2. The number of aliphatic imine (C=N–C) groups is 1. The van der Waals surface area contributed by atoms with Gasteiger partial charge in [0.15, 0.2) is 0 Å². The molecule has 0 saturated carbocycles. The Bertz CT molecular complexity index is 1170.